The Kier molecular flexibility index (Phi) is 7.63. The second-order valence-corrected chi connectivity index (χ2v) is 7.15. The van der Waals surface area contributed by atoms with Crippen LogP contribution in [-0.4, -0.2) is 78.8 Å². The Hall–Kier alpha value is -0.810. The topological polar surface area (TPSA) is 36.0 Å². The monoisotopic (exact) mass is 325 g/mol. The Morgan fingerprint density at radius 2 is 1.78 bits per heavy atom. The molecule has 23 heavy (non-hydrogen) atoms. The SMILES string of the molecule is CCOC(=O)N1CCN(CCN(C(C)C)C2CCCCC2)CC1. The highest BCUT2D eigenvalue weighted by Gasteiger charge is 2.25. The second-order valence-electron chi connectivity index (χ2n) is 7.15. The molecule has 0 aromatic carbocycles. The zero-order chi connectivity index (χ0) is 16.7. The third-order valence-electron chi connectivity index (χ3n) is 5.28. The van der Waals surface area contributed by atoms with E-state index in [0.717, 1.165) is 45.3 Å². The van der Waals surface area contributed by atoms with Crippen molar-refractivity contribution in [2.24, 2.45) is 0 Å². The molecule has 0 aromatic rings. The van der Waals surface area contributed by atoms with Crippen molar-refractivity contribution >= 4 is 6.09 Å². The minimum absolute atomic E-state index is 0.154. The molecule has 134 valence electrons. The molecule has 2 rings (SSSR count). The number of ether oxygens (including phenoxy) is 1. The smallest absolute Gasteiger partial charge is 0.409 e. The van der Waals surface area contributed by atoms with Gasteiger partial charge in [-0.3, -0.25) is 9.80 Å². The van der Waals surface area contributed by atoms with Crippen molar-refractivity contribution in [1.82, 2.24) is 14.7 Å². The van der Waals surface area contributed by atoms with Gasteiger partial charge in [-0.05, 0) is 33.6 Å². The summed E-state index contributed by atoms with van der Waals surface area (Å²) >= 11 is 0. The molecule has 1 amide bonds. The van der Waals surface area contributed by atoms with Gasteiger partial charge in [-0.2, -0.15) is 0 Å². The average molecular weight is 325 g/mol. The van der Waals surface area contributed by atoms with Gasteiger partial charge in [0.05, 0.1) is 6.61 Å². The first-order valence-electron chi connectivity index (χ1n) is 9.51. The summed E-state index contributed by atoms with van der Waals surface area (Å²) in [5.74, 6) is 0. The molecular formula is C18H35N3O2. The van der Waals surface area contributed by atoms with Crippen LogP contribution in [0.2, 0.25) is 0 Å². The van der Waals surface area contributed by atoms with Crippen molar-refractivity contribution in [3.05, 3.63) is 0 Å². The van der Waals surface area contributed by atoms with Crippen molar-refractivity contribution in [3.63, 3.8) is 0 Å². The molecule has 1 heterocycles. The maximum Gasteiger partial charge on any atom is 0.409 e. The summed E-state index contributed by atoms with van der Waals surface area (Å²) in [5, 5.41) is 0. The molecule has 1 aliphatic carbocycles. The highest BCUT2D eigenvalue weighted by molar-refractivity contribution is 5.67. The van der Waals surface area contributed by atoms with Crippen molar-refractivity contribution in [1.29, 1.82) is 0 Å². The van der Waals surface area contributed by atoms with Gasteiger partial charge in [0, 0.05) is 51.4 Å². The van der Waals surface area contributed by atoms with Gasteiger partial charge >= 0.3 is 6.09 Å². The summed E-state index contributed by atoms with van der Waals surface area (Å²) in [7, 11) is 0. The zero-order valence-corrected chi connectivity index (χ0v) is 15.3. The van der Waals surface area contributed by atoms with Gasteiger partial charge in [0.15, 0.2) is 0 Å². The molecule has 5 nitrogen and oxygen atoms in total. The Balaban J connectivity index is 1.73. The van der Waals surface area contributed by atoms with E-state index in [1.807, 2.05) is 11.8 Å². The molecule has 0 atom stereocenters. The van der Waals surface area contributed by atoms with E-state index < -0.39 is 0 Å². The molecule has 0 aromatic heterocycles. The molecule has 1 aliphatic heterocycles. The number of hydrogen-bond acceptors (Lipinski definition) is 4. The van der Waals surface area contributed by atoms with E-state index in [9.17, 15) is 4.79 Å². The van der Waals surface area contributed by atoms with Gasteiger partial charge < -0.3 is 9.64 Å². The average Bonchev–Trinajstić information content (AvgIpc) is 2.56. The van der Waals surface area contributed by atoms with Crippen LogP contribution in [0.5, 0.6) is 0 Å². The van der Waals surface area contributed by atoms with E-state index in [4.69, 9.17) is 4.74 Å². The largest absolute Gasteiger partial charge is 0.450 e. The van der Waals surface area contributed by atoms with E-state index in [-0.39, 0.29) is 6.09 Å². The number of carbonyl (C=O) groups excluding carboxylic acids is 1. The molecular weight excluding hydrogens is 290 g/mol. The highest BCUT2D eigenvalue weighted by Crippen LogP contribution is 2.24. The molecule has 1 saturated heterocycles. The van der Waals surface area contributed by atoms with Crippen molar-refractivity contribution in [2.75, 3.05) is 45.9 Å². The van der Waals surface area contributed by atoms with Crippen LogP contribution in [0.1, 0.15) is 52.9 Å². The van der Waals surface area contributed by atoms with Crippen LogP contribution < -0.4 is 0 Å². The van der Waals surface area contributed by atoms with E-state index in [0.29, 0.717) is 12.6 Å². The molecule has 0 unspecified atom stereocenters. The van der Waals surface area contributed by atoms with Gasteiger partial charge in [0.25, 0.3) is 0 Å². The second kappa shape index (κ2) is 9.48. The summed E-state index contributed by atoms with van der Waals surface area (Å²) in [6.45, 7) is 12.8. The minimum Gasteiger partial charge on any atom is -0.450 e. The van der Waals surface area contributed by atoms with E-state index in [1.54, 1.807) is 0 Å². The zero-order valence-electron chi connectivity index (χ0n) is 15.3. The lowest BCUT2D eigenvalue weighted by atomic mass is 9.93. The maximum atomic E-state index is 11.7. The van der Waals surface area contributed by atoms with E-state index >= 15 is 0 Å². The summed E-state index contributed by atoms with van der Waals surface area (Å²) in [4.78, 5) is 18.8. The lowest BCUT2D eigenvalue weighted by Gasteiger charge is -2.40. The molecule has 2 aliphatic rings. The summed E-state index contributed by atoms with van der Waals surface area (Å²) in [6, 6.07) is 1.41. The Labute approximate surface area is 141 Å². The Bertz CT molecular complexity index is 348. The van der Waals surface area contributed by atoms with Gasteiger partial charge in [0.1, 0.15) is 0 Å². The van der Waals surface area contributed by atoms with Crippen LogP contribution in [0.4, 0.5) is 4.79 Å². The number of nitrogens with zero attached hydrogens (tertiary/aromatic N) is 3. The standard InChI is InChI=1S/C18H35N3O2/c1-4-23-18(22)20-13-10-19(11-14-20)12-15-21(16(2)3)17-8-6-5-7-9-17/h16-17H,4-15H2,1-3H3. The van der Waals surface area contributed by atoms with Crippen molar-refractivity contribution in [3.8, 4) is 0 Å². The molecule has 2 fully saturated rings. The summed E-state index contributed by atoms with van der Waals surface area (Å²) in [5.41, 5.74) is 0. The molecule has 5 heteroatoms. The fourth-order valence-corrected chi connectivity index (χ4v) is 3.90. The molecule has 0 bridgehead atoms. The third kappa shape index (κ3) is 5.64. The van der Waals surface area contributed by atoms with E-state index in [2.05, 4.69) is 23.6 Å². The lowest BCUT2D eigenvalue weighted by Crippen LogP contribution is -2.52. The van der Waals surface area contributed by atoms with Crippen LogP contribution in [0.25, 0.3) is 0 Å². The fraction of sp³-hybridized carbons (Fsp3) is 0.944. The number of piperazine rings is 1. The van der Waals surface area contributed by atoms with Crippen LogP contribution in [-0.2, 0) is 4.74 Å². The highest BCUT2D eigenvalue weighted by atomic mass is 16.6. The Morgan fingerprint density at radius 3 is 2.35 bits per heavy atom. The quantitative estimate of drug-likeness (QED) is 0.752. The normalized spacial score (nSPS) is 21.2. The first kappa shape index (κ1) is 18.5. The predicted octanol–water partition coefficient (Wildman–Crippen LogP) is 2.80. The molecule has 0 radical (unpaired) electrons. The van der Waals surface area contributed by atoms with E-state index in [1.165, 1.54) is 32.1 Å². The predicted molar refractivity (Wildman–Crippen MR) is 93.8 cm³/mol. The number of hydrogen-bond donors (Lipinski definition) is 0. The van der Waals surface area contributed by atoms with Gasteiger partial charge in [-0.25, -0.2) is 4.79 Å². The van der Waals surface area contributed by atoms with Crippen LogP contribution in [0, 0.1) is 0 Å². The van der Waals surface area contributed by atoms with Gasteiger partial charge in [-0.1, -0.05) is 19.3 Å². The van der Waals surface area contributed by atoms with Crippen molar-refractivity contribution in [2.45, 2.75) is 65.0 Å². The van der Waals surface area contributed by atoms with Crippen LogP contribution >= 0.6 is 0 Å². The third-order valence-corrected chi connectivity index (χ3v) is 5.28. The number of rotatable bonds is 6. The lowest BCUT2D eigenvalue weighted by molar-refractivity contribution is 0.0655. The molecule has 1 saturated carbocycles. The fourth-order valence-electron chi connectivity index (χ4n) is 3.90. The summed E-state index contributed by atoms with van der Waals surface area (Å²) < 4.78 is 5.09. The number of carbonyl (C=O) groups is 1. The minimum atomic E-state index is -0.154. The molecule has 0 N–H and O–H groups in total. The maximum absolute atomic E-state index is 11.7. The first-order chi connectivity index (χ1) is 11.1. The number of amides is 1. The first-order valence-corrected chi connectivity index (χ1v) is 9.51. The molecule has 0 spiro atoms. The Morgan fingerprint density at radius 1 is 1.13 bits per heavy atom. The van der Waals surface area contributed by atoms with Crippen LogP contribution in [0.15, 0.2) is 0 Å². The van der Waals surface area contributed by atoms with Crippen LogP contribution in [0.3, 0.4) is 0 Å². The van der Waals surface area contributed by atoms with Gasteiger partial charge in [-0.15, -0.1) is 0 Å². The summed E-state index contributed by atoms with van der Waals surface area (Å²) in [6.07, 6.45) is 6.79. The van der Waals surface area contributed by atoms with Crippen molar-refractivity contribution < 1.29 is 9.53 Å². The van der Waals surface area contributed by atoms with Gasteiger partial charge in [0.2, 0.25) is 0 Å².